The zero-order valence-corrected chi connectivity index (χ0v) is 11.2. The molecule has 0 aliphatic carbocycles. The van der Waals surface area contributed by atoms with Gasteiger partial charge in [-0.2, -0.15) is 0 Å². The minimum Gasteiger partial charge on any atom is -0.480 e. The highest BCUT2D eigenvalue weighted by Crippen LogP contribution is 2.36. The summed E-state index contributed by atoms with van der Waals surface area (Å²) in [6.45, 7) is 4.85. The third-order valence-corrected chi connectivity index (χ3v) is 4.87. The summed E-state index contributed by atoms with van der Waals surface area (Å²) in [4.78, 5) is 14.9. The molecule has 17 heavy (non-hydrogen) atoms. The molecule has 1 fully saturated rings. The summed E-state index contributed by atoms with van der Waals surface area (Å²) >= 11 is 1.70. The SMILES string of the molecule is CC(c1cccs1)N1CCCCC1(C)C(=O)O. The van der Waals surface area contributed by atoms with E-state index in [1.165, 1.54) is 4.88 Å². The van der Waals surface area contributed by atoms with Crippen LogP contribution in [0.25, 0.3) is 0 Å². The molecule has 1 aliphatic heterocycles. The number of hydrogen-bond acceptors (Lipinski definition) is 3. The Kier molecular flexibility index (Phi) is 3.54. The first-order chi connectivity index (χ1) is 8.05. The largest absolute Gasteiger partial charge is 0.480 e. The number of carboxylic acids is 1. The average Bonchev–Trinajstić information content (AvgIpc) is 2.82. The Hall–Kier alpha value is -0.870. The molecule has 2 heterocycles. The molecule has 1 aromatic rings. The molecular weight excluding hydrogens is 234 g/mol. The van der Waals surface area contributed by atoms with E-state index in [0.717, 1.165) is 25.8 Å². The van der Waals surface area contributed by atoms with Gasteiger partial charge in [0.1, 0.15) is 5.54 Å². The predicted molar refractivity (Wildman–Crippen MR) is 69.3 cm³/mol. The molecule has 0 aromatic carbocycles. The van der Waals surface area contributed by atoms with Crippen LogP contribution in [-0.2, 0) is 4.79 Å². The summed E-state index contributed by atoms with van der Waals surface area (Å²) in [6, 6.07) is 4.31. The average molecular weight is 253 g/mol. The fourth-order valence-electron chi connectivity index (χ4n) is 2.68. The van der Waals surface area contributed by atoms with Crippen LogP contribution in [-0.4, -0.2) is 28.1 Å². The van der Waals surface area contributed by atoms with Crippen LogP contribution in [0.5, 0.6) is 0 Å². The van der Waals surface area contributed by atoms with E-state index in [0.29, 0.717) is 0 Å². The molecule has 0 radical (unpaired) electrons. The van der Waals surface area contributed by atoms with Gasteiger partial charge in [0.25, 0.3) is 0 Å². The second-order valence-corrected chi connectivity index (χ2v) is 5.90. The quantitative estimate of drug-likeness (QED) is 0.899. The maximum absolute atomic E-state index is 11.5. The molecule has 0 bridgehead atoms. The molecule has 2 unspecified atom stereocenters. The van der Waals surface area contributed by atoms with E-state index in [2.05, 4.69) is 17.9 Å². The number of hydrogen-bond donors (Lipinski definition) is 1. The molecule has 1 aliphatic rings. The molecule has 3 nitrogen and oxygen atoms in total. The summed E-state index contributed by atoms with van der Waals surface area (Å²) in [5.74, 6) is -0.694. The van der Waals surface area contributed by atoms with Crippen LogP contribution < -0.4 is 0 Å². The lowest BCUT2D eigenvalue weighted by Crippen LogP contribution is -2.55. The van der Waals surface area contributed by atoms with Gasteiger partial charge in [-0.3, -0.25) is 9.69 Å². The van der Waals surface area contributed by atoms with E-state index in [1.54, 1.807) is 11.3 Å². The number of likely N-dealkylation sites (tertiary alicyclic amines) is 1. The highest BCUT2D eigenvalue weighted by atomic mass is 32.1. The molecule has 0 saturated carbocycles. The normalized spacial score (nSPS) is 27.9. The third-order valence-electron chi connectivity index (χ3n) is 3.83. The number of carbonyl (C=O) groups is 1. The summed E-state index contributed by atoms with van der Waals surface area (Å²) in [5.41, 5.74) is -0.707. The zero-order chi connectivity index (χ0) is 12.5. The van der Waals surface area contributed by atoms with Gasteiger partial charge >= 0.3 is 5.97 Å². The van der Waals surface area contributed by atoms with Crippen molar-refractivity contribution in [2.24, 2.45) is 0 Å². The van der Waals surface area contributed by atoms with Gasteiger partial charge in [-0.05, 0) is 51.1 Å². The van der Waals surface area contributed by atoms with Crippen LogP contribution in [0.2, 0.25) is 0 Å². The van der Waals surface area contributed by atoms with Gasteiger partial charge < -0.3 is 5.11 Å². The lowest BCUT2D eigenvalue weighted by atomic mass is 9.87. The number of nitrogens with zero attached hydrogens (tertiary/aromatic N) is 1. The number of piperidine rings is 1. The van der Waals surface area contributed by atoms with Gasteiger partial charge in [0.2, 0.25) is 0 Å². The Morgan fingerprint density at radius 3 is 2.94 bits per heavy atom. The fraction of sp³-hybridized carbons (Fsp3) is 0.615. The number of thiophene rings is 1. The number of aliphatic carboxylic acids is 1. The minimum absolute atomic E-state index is 0.191. The fourth-order valence-corrected chi connectivity index (χ4v) is 3.47. The molecule has 2 rings (SSSR count). The van der Waals surface area contributed by atoms with Crippen molar-refractivity contribution in [1.29, 1.82) is 0 Å². The Labute approximate surface area is 106 Å². The molecule has 0 amide bonds. The van der Waals surface area contributed by atoms with Crippen LogP contribution in [0.3, 0.4) is 0 Å². The Balaban J connectivity index is 2.25. The molecule has 1 saturated heterocycles. The second-order valence-electron chi connectivity index (χ2n) is 4.92. The first kappa shape index (κ1) is 12.6. The number of rotatable bonds is 3. The minimum atomic E-state index is -0.707. The van der Waals surface area contributed by atoms with Crippen molar-refractivity contribution in [1.82, 2.24) is 4.90 Å². The lowest BCUT2D eigenvalue weighted by molar-refractivity contribution is -0.154. The van der Waals surface area contributed by atoms with Crippen molar-refractivity contribution < 1.29 is 9.90 Å². The summed E-state index contributed by atoms with van der Waals surface area (Å²) < 4.78 is 0. The highest BCUT2D eigenvalue weighted by Gasteiger charge is 2.43. The van der Waals surface area contributed by atoms with Crippen LogP contribution in [0.15, 0.2) is 17.5 Å². The van der Waals surface area contributed by atoms with Crippen molar-refractivity contribution in [3.05, 3.63) is 22.4 Å². The predicted octanol–water partition coefficient (Wildman–Crippen LogP) is 3.14. The van der Waals surface area contributed by atoms with Crippen molar-refractivity contribution >= 4 is 17.3 Å². The summed E-state index contributed by atoms with van der Waals surface area (Å²) in [7, 11) is 0. The highest BCUT2D eigenvalue weighted by molar-refractivity contribution is 7.10. The number of carboxylic acid groups (broad SMARTS) is 1. The molecule has 94 valence electrons. The monoisotopic (exact) mass is 253 g/mol. The van der Waals surface area contributed by atoms with Crippen LogP contribution in [0, 0.1) is 0 Å². The smallest absolute Gasteiger partial charge is 0.323 e. The van der Waals surface area contributed by atoms with E-state index in [-0.39, 0.29) is 6.04 Å². The molecular formula is C13H19NO2S. The second kappa shape index (κ2) is 4.78. The Morgan fingerprint density at radius 1 is 1.59 bits per heavy atom. The van der Waals surface area contributed by atoms with E-state index in [1.807, 2.05) is 18.4 Å². The van der Waals surface area contributed by atoms with Crippen LogP contribution >= 0.6 is 11.3 Å². The van der Waals surface area contributed by atoms with Gasteiger partial charge in [0.15, 0.2) is 0 Å². The standard InChI is InChI=1S/C13H19NO2S/c1-10(11-6-5-9-17-11)14-8-4-3-7-13(14,2)12(15)16/h5-6,9-10H,3-4,7-8H2,1-2H3,(H,15,16). The summed E-state index contributed by atoms with van der Waals surface area (Å²) in [5, 5.41) is 11.5. The van der Waals surface area contributed by atoms with Crippen molar-refractivity contribution in [3.63, 3.8) is 0 Å². The van der Waals surface area contributed by atoms with Gasteiger partial charge in [0, 0.05) is 10.9 Å². The molecule has 1 aromatic heterocycles. The van der Waals surface area contributed by atoms with E-state index >= 15 is 0 Å². The summed E-state index contributed by atoms with van der Waals surface area (Å²) in [6.07, 6.45) is 2.85. The van der Waals surface area contributed by atoms with Gasteiger partial charge in [-0.25, -0.2) is 0 Å². The maximum Gasteiger partial charge on any atom is 0.323 e. The lowest BCUT2D eigenvalue weighted by Gasteiger charge is -2.44. The topological polar surface area (TPSA) is 40.5 Å². The van der Waals surface area contributed by atoms with Crippen molar-refractivity contribution in [3.8, 4) is 0 Å². The Morgan fingerprint density at radius 2 is 2.35 bits per heavy atom. The van der Waals surface area contributed by atoms with Gasteiger partial charge in [0.05, 0.1) is 0 Å². The van der Waals surface area contributed by atoms with E-state index in [9.17, 15) is 9.90 Å². The molecule has 0 spiro atoms. The van der Waals surface area contributed by atoms with Crippen molar-refractivity contribution in [2.75, 3.05) is 6.54 Å². The van der Waals surface area contributed by atoms with Crippen LogP contribution in [0.4, 0.5) is 0 Å². The van der Waals surface area contributed by atoms with Crippen molar-refractivity contribution in [2.45, 2.75) is 44.7 Å². The molecule has 4 heteroatoms. The zero-order valence-electron chi connectivity index (χ0n) is 10.3. The van der Waals surface area contributed by atoms with Crippen LogP contribution in [0.1, 0.15) is 44.0 Å². The first-order valence-electron chi connectivity index (χ1n) is 6.09. The van der Waals surface area contributed by atoms with E-state index in [4.69, 9.17) is 0 Å². The Bertz CT molecular complexity index is 390. The van der Waals surface area contributed by atoms with Gasteiger partial charge in [-0.1, -0.05) is 6.07 Å². The molecule has 1 N–H and O–H groups in total. The first-order valence-corrected chi connectivity index (χ1v) is 6.97. The van der Waals surface area contributed by atoms with E-state index < -0.39 is 11.5 Å². The third kappa shape index (κ3) is 2.24. The molecule has 2 atom stereocenters. The maximum atomic E-state index is 11.5. The van der Waals surface area contributed by atoms with Gasteiger partial charge in [-0.15, -0.1) is 11.3 Å².